The number of Topliss-reactive ketones (excluding diaryl/α,β-unsaturated/α-hetero) is 1. The summed E-state index contributed by atoms with van der Waals surface area (Å²) in [5.41, 5.74) is 0.429. The van der Waals surface area contributed by atoms with Crippen LogP contribution < -0.4 is 14.8 Å². The molecular formula is C17H18N2O6. The lowest BCUT2D eigenvalue weighted by atomic mass is 9.90. The van der Waals surface area contributed by atoms with Gasteiger partial charge in [0.15, 0.2) is 5.78 Å². The highest BCUT2D eigenvalue weighted by Gasteiger charge is 2.46. The number of carbonyl (C=O) groups excluding carboxylic acids is 2. The molecule has 1 aromatic rings. The van der Waals surface area contributed by atoms with E-state index in [1.54, 1.807) is 18.2 Å². The molecule has 8 heteroatoms. The lowest BCUT2D eigenvalue weighted by Gasteiger charge is -2.14. The first kappa shape index (κ1) is 16.8. The number of benzene rings is 1. The topological polar surface area (TPSA) is 105 Å². The number of aliphatic carboxylic acids is 1. The van der Waals surface area contributed by atoms with Crippen molar-refractivity contribution in [2.45, 2.75) is 6.42 Å². The first-order valence-corrected chi connectivity index (χ1v) is 7.75. The van der Waals surface area contributed by atoms with Gasteiger partial charge >= 0.3 is 5.97 Å². The summed E-state index contributed by atoms with van der Waals surface area (Å²) in [7, 11) is 2.93. The van der Waals surface area contributed by atoms with E-state index in [4.69, 9.17) is 14.6 Å². The average molecular weight is 346 g/mol. The molecule has 3 rings (SSSR count). The summed E-state index contributed by atoms with van der Waals surface area (Å²) in [6.07, 6.45) is -0.430. The highest BCUT2D eigenvalue weighted by atomic mass is 16.5. The van der Waals surface area contributed by atoms with Crippen molar-refractivity contribution in [2.75, 3.05) is 27.3 Å². The third-order valence-corrected chi connectivity index (χ3v) is 4.34. The fraction of sp³-hybridized carbons (Fsp3) is 0.353. The van der Waals surface area contributed by atoms with E-state index in [9.17, 15) is 14.4 Å². The van der Waals surface area contributed by atoms with Crippen molar-refractivity contribution in [3.05, 3.63) is 35.2 Å². The number of ether oxygens (including phenoxy) is 2. The molecule has 25 heavy (non-hydrogen) atoms. The van der Waals surface area contributed by atoms with Gasteiger partial charge in [-0.1, -0.05) is 0 Å². The monoisotopic (exact) mass is 346 g/mol. The minimum atomic E-state index is -1.13. The lowest BCUT2D eigenvalue weighted by molar-refractivity contribution is -0.141. The number of hydrogen-bond donors (Lipinski definition) is 2. The number of nitrogens with one attached hydrogen (secondary N) is 1. The zero-order chi connectivity index (χ0) is 18.1. The van der Waals surface area contributed by atoms with Gasteiger partial charge < -0.3 is 19.9 Å². The van der Waals surface area contributed by atoms with Gasteiger partial charge in [-0.3, -0.25) is 19.3 Å². The minimum Gasteiger partial charge on any atom is -0.497 e. The maximum absolute atomic E-state index is 13.1. The van der Waals surface area contributed by atoms with Gasteiger partial charge in [-0.2, -0.15) is 0 Å². The van der Waals surface area contributed by atoms with E-state index in [1.807, 2.05) is 0 Å². The quantitative estimate of drug-likeness (QED) is 0.728. The number of carbonyl (C=O) groups is 3. The Balaban J connectivity index is 2.06. The van der Waals surface area contributed by atoms with Crippen LogP contribution in [0.3, 0.4) is 0 Å². The normalized spacial score (nSPS) is 18.9. The number of hydrogen-bond acceptors (Lipinski definition) is 6. The molecule has 2 N–H and O–H groups in total. The van der Waals surface area contributed by atoms with Gasteiger partial charge in [-0.05, 0) is 12.1 Å². The Bertz CT molecular complexity index is 785. The van der Waals surface area contributed by atoms with Crippen LogP contribution in [-0.4, -0.2) is 55.0 Å². The first-order chi connectivity index (χ1) is 12.0. The molecule has 2 aliphatic heterocycles. The van der Waals surface area contributed by atoms with E-state index in [-0.39, 0.29) is 17.0 Å². The van der Waals surface area contributed by atoms with Crippen LogP contribution in [0.4, 0.5) is 0 Å². The van der Waals surface area contributed by atoms with Crippen molar-refractivity contribution in [3.8, 4) is 11.5 Å². The second kappa shape index (κ2) is 6.46. The average Bonchev–Trinajstić information content (AvgIpc) is 3.16. The van der Waals surface area contributed by atoms with E-state index in [0.29, 0.717) is 30.4 Å². The van der Waals surface area contributed by atoms with Gasteiger partial charge in [0.05, 0.1) is 37.7 Å². The van der Waals surface area contributed by atoms with Gasteiger partial charge in [-0.15, -0.1) is 0 Å². The number of methoxy groups -OCH3 is 2. The SMILES string of the molecule is COc1ccc(C(=O)C2=C3NCCN3C(=O)[C@@H]2CC(=O)O)c(OC)c1. The standard InChI is InChI=1S/C17H18N2O6/c1-24-9-3-4-10(12(7-9)25-2)15(22)14-11(8-13(20)21)17(23)19-6-5-18-16(14)19/h3-4,7,11,18H,5-6,8H2,1-2H3,(H,20,21)/t11-/m1/s1. The Morgan fingerprint density at radius 2 is 2.08 bits per heavy atom. The van der Waals surface area contributed by atoms with Crippen LogP contribution in [0.25, 0.3) is 0 Å². The molecule has 1 saturated heterocycles. The number of rotatable bonds is 6. The third-order valence-electron chi connectivity index (χ3n) is 4.34. The molecule has 1 amide bonds. The van der Waals surface area contributed by atoms with Crippen molar-refractivity contribution in [2.24, 2.45) is 5.92 Å². The van der Waals surface area contributed by atoms with Crippen molar-refractivity contribution in [1.29, 1.82) is 0 Å². The molecule has 0 aromatic heterocycles. The van der Waals surface area contributed by atoms with E-state index in [2.05, 4.69) is 5.32 Å². The van der Waals surface area contributed by atoms with Crippen molar-refractivity contribution < 1.29 is 29.0 Å². The summed E-state index contributed by atoms with van der Waals surface area (Å²) < 4.78 is 10.4. The Morgan fingerprint density at radius 1 is 1.32 bits per heavy atom. The molecule has 1 atom stereocenters. The van der Waals surface area contributed by atoms with Crippen LogP contribution >= 0.6 is 0 Å². The van der Waals surface area contributed by atoms with Crippen LogP contribution in [0, 0.1) is 5.92 Å². The van der Waals surface area contributed by atoms with E-state index < -0.39 is 24.1 Å². The highest BCUT2D eigenvalue weighted by molar-refractivity contribution is 6.16. The van der Waals surface area contributed by atoms with E-state index in [1.165, 1.54) is 19.1 Å². The molecule has 1 fully saturated rings. The molecule has 0 bridgehead atoms. The van der Waals surface area contributed by atoms with E-state index >= 15 is 0 Å². The Morgan fingerprint density at radius 3 is 2.72 bits per heavy atom. The van der Waals surface area contributed by atoms with E-state index in [0.717, 1.165) is 0 Å². The summed E-state index contributed by atoms with van der Waals surface area (Å²) in [5, 5.41) is 12.1. The predicted octanol–water partition coefficient (Wildman–Crippen LogP) is 0.634. The van der Waals surface area contributed by atoms with Gasteiger partial charge in [-0.25, -0.2) is 0 Å². The fourth-order valence-electron chi connectivity index (χ4n) is 3.19. The molecule has 1 aromatic carbocycles. The molecule has 2 heterocycles. The zero-order valence-electron chi connectivity index (χ0n) is 13.9. The second-order valence-corrected chi connectivity index (χ2v) is 5.72. The van der Waals surface area contributed by atoms with Gasteiger partial charge in [0, 0.05) is 19.2 Å². The summed E-state index contributed by atoms with van der Waals surface area (Å²) >= 11 is 0. The Labute approximate surface area is 144 Å². The summed E-state index contributed by atoms with van der Waals surface area (Å²) in [6, 6.07) is 4.73. The molecule has 0 radical (unpaired) electrons. The smallest absolute Gasteiger partial charge is 0.304 e. The maximum atomic E-state index is 13.1. The van der Waals surface area contributed by atoms with Gasteiger partial charge in [0.25, 0.3) is 0 Å². The molecular weight excluding hydrogens is 328 g/mol. The van der Waals surface area contributed by atoms with Gasteiger partial charge in [0.1, 0.15) is 17.3 Å². The Kier molecular flexibility index (Phi) is 4.35. The number of carboxylic acids is 1. The molecule has 0 unspecified atom stereocenters. The molecule has 8 nitrogen and oxygen atoms in total. The van der Waals surface area contributed by atoms with Crippen LogP contribution in [0.1, 0.15) is 16.8 Å². The summed E-state index contributed by atoms with van der Waals surface area (Å²) in [6.45, 7) is 0.943. The Hall–Kier alpha value is -3.03. The van der Waals surface area contributed by atoms with Crippen molar-refractivity contribution >= 4 is 17.7 Å². The molecule has 2 aliphatic rings. The van der Waals surface area contributed by atoms with Gasteiger partial charge in [0.2, 0.25) is 5.91 Å². The number of carboxylic acid groups (broad SMARTS) is 1. The zero-order valence-corrected chi connectivity index (χ0v) is 13.9. The number of nitrogens with zero attached hydrogens (tertiary/aromatic N) is 1. The van der Waals surface area contributed by atoms with Crippen molar-refractivity contribution in [3.63, 3.8) is 0 Å². The first-order valence-electron chi connectivity index (χ1n) is 7.75. The summed E-state index contributed by atoms with van der Waals surface area (Å²) in [4.78, 5) is 38.2. The van der Waals surface area contributed by atoms with Crippen LogP contribution in [-0.2, 0) is 9.59 Å². The largest absolute Gasteiger partial charge is 0.497 e. The molecule has 132 valence electrons. The predicted molar refractivity (Wildman–Crippen MR) is 86.4 cm³/mol. The highest BCUT2D eigenvalue weighted by Crippen LogP contribution is 2.37. The number of ketones is 1. The molecule has 0 aliphatic carbocycles. The summed E-state index contributed by atoms with van der Waals surface area (Å²) in [5.74, 6) is -1.69. The third kappa shape index (κ3) is 2.79. The maximum Gasteiger partial charge on any atom is 0.304 e. The number of amides is 1. The van der Waals surface area contributed by atoms with Crippen LogP contribution in [0.5, 0.6) is 11.5 Å². The van der Waals surface area contributed by atoms with Crippen molar-refractivity contribution in [1.82, 2.24) is 10.2 Å². The lowest BCUT2D eigenvalue weighted by Crippen LogP contribution is -2.29. The minimum absolute atomic E-state index is 0.174. The molecule has 0 saturated carbocycles. The van der Waals surface area contributed by atoms with Crippen LogP contribution in [0.15, 0.2) is 29.6 Å². The van der Waals surface area contributed by atoms with Crippen LogP contribution in [0.2, 0.25) is 0 Å². The molecule has 0 spiro atoms. The number of fused-ring (bicyclic) bond motifs is 1. The fourth-order valence-corrected chi connectivity index (χ4v) is 3.19. The second-order valence-electron chi connectivity index (χ2n) is 5.72.